The number of anilines is 1. The van der Waals surface area contributed by atoms with E-state index in [4.69, 9.17) is 9.57 Å². The van der Waals surface area contributed by atoms with E-state index in [9.17, 15) is 4.79 Å². The molecular weight excluding hydrogens is 232 g/mol. The molecule has 5 heteroatoms. The Labute approximate surface area is 107 Å². The van der Waals surface area contributed by atoms with Crippen LogP contribution in [-0.2, 0) is 14.4 Å². The Balaban J connectivity index is 2.07. The molecule has 0 bridgehead atoms. The number of para-hydroxylation sites is 1. The molecular formula is C13H18N2O3. The van der Waals surface area contributed by atoms with Crippen LogP contribution in [0, 0.1) is 0 Å². The zero-order valence-electron chi connectivity index (χ0n) is 10.7. The van der Waals surface area contributed by atoms with Crippen LogP contribution in [0.25, 0.3) is 0 Å². The number of ether oxygens (including phenoxy) is 1. The van der Waals surface area contributed by atoms with Gasteiger partial charge in [0.2, 0.25) is 5.91 Å². The SMILES string of the molecule is COCCONC1CC(=O)N(C)c2ccccc21. The highest BCUT2D eigenvalue weighted by Gasteiger charge is 2.28. The van der Waals surface area contributed by atoms with E-state index in [1.54, 1.807) is 19.1 Å². The van der Waals surface area contributed by atoms with Gasteiger partial charge in [0.25, 0.3) is 0 Å². The molecule has 18 heavy (non-hydrogen) atoms. The maximum absolute atomic E-state index is 11.9. The van der Waals surface area contributed by atoms with E-state index in [0.717, 1.165) is 11.3 Å². The third-order valence-electron chi connectivity index (χ3n) is 3.04. The number of nitrogens with one attached hydrogen (secondary N) is 1. The summed E-state index contributed by atoms with van der Waals surface area (Å²) in [6, 6.07) is 7.75. The van der Waals surface area contributed by atoms with Gasteiger partial charge in [-0.15, -0.1) is 0 Å². The molecule has 0 spiro atoms. The minimum absolute atomic E-state index is 0.0848. The third kappa shape index (κ3) is 2.69. The van der Waals surface area contributed by atoms with Crippen LogP contribution in [0.3, 0.4) is 0 Å². The Kier molecular flexibility index (Phi) is 4.30. The van der Waals surface area contributed by atoms with E-state index in [1.165, 1.54) is 0 Å². The number of hydrogen-bond acceptors (Lipinski definition) is 4. The second-order valence-corrected chi connectivity index (χ2v) is 4.23. The molecule has 0 saturated carbocycles. The number of hydroxylamine groups is 1. The summed E-state index contributed by atoms with van der Waals surface area (Å²) in [5.41, 5.74) is 4.95. The molecule has 0 aliphatic carbocycles. The molecule has 1 aliphatic rings. The van der Waals surface area contributed by atoms with Crippen LogP contribution < -0.4 is 10.4 Å². The second-order valence-electron chi connectivity index (χ2n) is 4.23. The molecule has 1 aliphatic heterocycles. The first-order valence-electron chi connectivity index (χ1n) is 5.95. The number of nitrogens with zero attached hydrogens (tertiary/aromatic N) is 1. The zero-order chi connectivity index (χ0) is 13.0. The standard InChI is InChI=1S/C13H18N2O3/c1-15-12-6-4-3-5-10(12)11(9-13(15)16)14-18-8-7-17-2/h3-6,11,14H,7-9H2,1-2H3. The minimum Gasteiger partial charge on any atom is -0.382 e. The van der Waals surface area contributed by atoms with Crippen molar-refractivity contribution in [3.05, 3.63) is 29.8 Å². The van der Waals surface area contributed by atoms with Gasteiger partial charge in [0.1, 0.15) is 0 Å². The number of carbonyl (C=O) groups is 1. The first kappa shape index (κ1) is 13.0. The summed E-state index contributed by atoms with van der Waals surface area (Å²) in [4.78, 5) is 18.9. The second kappa shape index (κ2) is 5.95. The smallest absolute Gasteiger partial charge is 0.228 e. The maximum Gasteiger partial charge on any atom is 0.228 e. The maximum atomic E-state index is 11.9. The molecule has 0 fully saturated rings. The Morgan fingerprint density at radius 1 is 1.39 bits per heavy atom. The molecule has 0 aromatic heterocycles. The number of amides is 1. The molecule has 1 atom stereocenters. The van der Waals surface area contributed by atoms with Crippen molar-refractivity contribution in [1.82, 2.24) is 5.48 Å². The fourth-order valence-corrected chi connectivity index (χ4v) is 2.03. The Hall–Kier alpha value is -1.43. The Morgan fingerprint density at radius 2 is 2.17 bits per heavy atom. The summed E-state index contributed by atoms with van der Waals surface area (Å²) in [7, 11) is 3.42. The van der Waals surface area contributed by atoms with E-state index < -0.39 is 0 Å². The van der Waals surface area contributed by atoms with Gasteiger partial charge in [-0.05, 0) is 11.6 Å². The van der Waals surface area contributed by atoms with Crippen molar-refractivity contribution in [3.63, 3.8) is 0 Å². The van der Waals surface area contributed by atoms with Crippen molar-refractivity contribution in [2.75, 3.05) is 32.3 Å². The largest absolute Gasteiger partial charge is 0.382 e. The molecule has 1 N–H and O–H groups in total. The summed E-state index contributed by atoms with van der Waals surface area (Å²) < 4.78 is 4.90. The summed E-state index contributed by atoms with van der Waals surface area (Å²) >= 11 is 0. The van der Waals surface area contributed by atoms with Gasteiger partial charge in [0, 0.05) is 26.3 Å². The van der Waals surface area contributed by atoms with Crippen LogP contribution >= 0.6 is 0 Å². The fraction of sp³-hybridized carbons (Fsp3) is 0.462. The highest BCUT2D eigenvalue weighted by Crippen LogP contribution is 2.33. The van der Waals surface area contributed by atoms with Crippen molar-refractivity contribution < 1.29 is 14.4 Å². The molecule has 1 unspecified atom stereocenters. The Bertz CT molecular complexity index is 422. The topological polar surface area (TPSA) is 50.8 Å². The lowest BCUT2D eigenvalue weighted by Gasteiger charge is -2.31. The van der Waals surface area contributed by atoms with Gasteiger partial charge in [-0.2, -0.15) is 5.48 Å². The van der Waals surface area contributed by atoms with Crippen LogP contribution in [0.15, 0.2) is 24.3 Å². The first-order valence-corrected chi connectivity index (χ1v) is 5.95. The lowest BCUT2D eigenvalue weighted by molar-refractivity contribution is -0.120. The molecule has 1 aromatic carbocycles. The third-order valence-corrected chi connectivity index (χ3v) is 3.04. The molecule has 1 amide bonds. The average Bonchev–Trinajstić information content (AvgIpc) is 2.40. The number of methoxy groups -OCH3 is 1. The molecule has 1 heterocycles. The molecule has 98 valence electrons. The van der Waals surface area contributed by atoms with Crippen LogP contribution in [0.4, 0.5) is 5.69 Å². The van der Waals surface area contributed by atoms with Crippen molar-refractivity contribution >= 4 is 11.6 Å². The lowest BCUT2D eigenvalue weighted by Crippen LogP contribution is -2.38. The van der Waals surface area contributed by atoms with E-state index >= 15 is 0 Å². The highest BCUT2D eigenvalue weighted by atomic mass is 16.7. The van der Waals surface area contributed by atoms with Gasteiger partial charge in [-0.3, -0.25) is 9.63 Å². The van der Waals surface area contributed by atoms with Crippen molar-refractivity contribution in [2.24, 2.45) is 0 Å². The van der Waals surface area contributed by atoms with Gasteiger partial charge in [-0.25, -0.2) is 0 Å². The number of hydrogen-bond donors (Lipinski definition) is 1. The Morgan fingerprint density at radius 3 is 2.94 bits per heavy atom. The van der Waals surface area contributed by atoms with E-state index in [1.807, 2.05) is 24.3 Å². The lowest BCUT2D eigenvalue weighted by atomic mass is 9.97. The number of carbonyl (C=O) groups excluding carboxylic acids is 1. The van der Waals surface area contributed by atoms with E-state index in [0.29, 0.717) is 19.6 Å². The van der Waals surface area contributed by atoms with Gasteiger partial charge in [-0.1, -0.05) is 18.2 Å². The van der Waals surface area contributed by atoms with Gasteiger partial charge in [0.05, 0.1) is 19.3 Å². The molecule has 1 aromatic rings. The van der Waals surface area contributed by atoms with Crippen LogP contribution in [0.2, 0.25) is 0 Å². The van der Waals surface area contributed by atoms with Crippen LogP contribution in [-0.4, -0.2) is 33.3 Å². The molecule has 0 saturated heterocycles. The quantitative estimate of drug-likeness (QED) is 0.631. The van der Waals surface area contributed by atoms with Crippen molar-refractivity contribution in [1.29, 1.82) is 0 Å². The zero-order valence-corrected chi connectivity index (χ0v) is 10.7. The molecule has 2 rings (SSSR count). The average molecular weight is 250 g/mol. The van der Waals surface area contributed by atoms with Gasteiger partial charge < -0.3 is 9.64 Å². The summed E-state index contributed by atoms with van der Waals surface area (Å²) in [6.45, 7) is 0.981. The fourth-order valence-electron chi connectivity index (χ4n) is 2.03. The van der Waals surface area contributed by atoms with Gasteiger partial charge in [0.15, 0.2) is 0 Å². The normalized spacial score (nSPS) is 18.9. The van der Waals surface area contributed by atoms with Crippen molar-refractivity contribution in [3.8, 4) is 0 Å². The highest BCUT2D eigenvalue weighted by molar-refractivity contribution is 5.96. The molecule has 0 radical (unpaired) electrons. The summed E-state index contributed by atoms with van der Waals surface area (Å²) in [5.74, 6) is 0.0848. The number of fused-ring (bicyclic) bond motifs is 1. The summed E-state index contributed by atoms with van der Waals surface area (Å²) in [6.07, 6.45) is 0.403. The van der Waals surface area contributed by atoms with E-state index in [2.05, 4.69) is 5.48 Å². The summed E-state index contributed by atoms with van der Waals surface area (Å²) in [5, 5.41) is 0. The monoisotopic (exact) mass is 250 g/mol. The minimum atomic E-state index is -0.0956. The predicted molar refractivity (Wildman–Crippen MR) is 68.2 cm³/mol. The van der Waals surface area contributed by atoms with E-state index in [-0.39, 0.29) is 11.9 Å². The number of benzene rings is 1. The van der Waals surface area contributed by atoms with Gasteiger partial charge >= 0.3 is 0 Å². The molecule has 5 nitrogen and oxygen atoms in total. The van der Waals surface area contributed by atoms with Crippen LogP contribution in [0.5, 0.6) is 0 Å². The van der Waals surface area contributed by atoms with Crippen molar-refractivity contribution in [2.45, 2.75) is 12.5 Å². The van der Waals surface area contributed by atoms with Crippen LogP contribution in [0.1, 0.15) is 18.0 Å². The predicted octanol–water partition coefficient (Wildman–Crippen LogP) is 1.26. The number of rotatable bonds is 5. The first-order chi connectivity index (χ1) is 8.74.